The Morgan fingerprint density at radius 3 is 2.48 bits per heavy atom. The first kappa shape index (κ1) is 17.7. The van der Waals surface area contributed by atoms with Gasteiger partial charge in [0.05, 0.1) is 22.4 Å². The summed E-state index contributed by atoms with van der Waals surface area (Å²) in [5.41, 5.74) is -1.08. The highest BCUT2D eigenvalue weighted by atomic mass is 35.5. The van der Waals surface area contributed by atoms with Crippen LogP contribution in [0.1, 0.15) is 18.4 Å². The molecule has 11 heteroatoms. The lowest BCUT2D eigenvalue weighted by atomic mass is 10.2. The third kappa shape index (κ3) is 2.89. The van der Waals surface area contributed by atoms with Gasteiger partial charge in [-0.25, -0.2) is 9.97 Å². The second kappa shape index (κ2) is 5.62. The van der Waals surface area contributed by atoms with Crippen LogP contribution in [0.3, 0.4) is 0 Å². The number of aromatic nitrogens is 5. The van der Waals surface area contributed by atoms with Gasteiger partial charge < -0.3 is 0 Å². The summed E-state index contributed by atoms with van der Waals surface area (Å²) in [6, 6.07) is 4.50. The van der Waals surface area contributed by atoms with Crippen molar-refractivity contribution < 1.29 is 22.0 Å². The number of pyridine rings is 1. The molecule has 0 saturated carbocycles. The Labute approximate surface area is 152 Å². The number of nitrogens with zero attached hydrogens (tertiary/aromatic N) is 4. The summed E-state index contributed by atoms with van der Waals surface area (Å²) >= 11 is 6.15. The first-order valence-electron chi connectivity index (χ1n) is 7.54. The number of hydrogen-bond acceptors (Lipinski definition) is 3. The highest BCUT2D eigenvalue weighted by Crippen LogP contribution is 2.35. The average molecular weight is 402 g/mol. The Morgan fingerprint density at radius 2 is 1.81 bits per heavy atom. The second-order valence-electron chi connectivity index (χ2n) is 5.96. The molecule has 0 fully saturated rings. The number of aromatic amines is 1. The molecule has 140 valence electrons. The molecule has 4 rings (SSSR count). The molecular weight excluding hydrogens is 393 g/mol. The summed E-state index contributed by atoms with van der Waals surface area (Å²) < 4.78 is 68.3. The molecule has 0 spiro atoms. The largest absolute Gasteiger partial charge is 0.433 e. The molecule has 4 aromatic rings. The minimum absolute atomic E-state index is 0.0945. The number of fused-ring (bicyclic) bond motifs is 2. The van der Waals surface area contributed by atoms with Gasteiger partial charge in [-0.15, -0.1) is 0 Å². The number of imidazole rings is 1. The predicted molar refractivity (Wildman–Crippen MR) is 88.1 cm³/mol. The number of rotatable bonds is 2. The molecule has 0 radical (unpaired) electrons. The van der Waals surface area contributed by atoms with Crippen molar-refractivity contribution >= 4 is 33.7 Å². The summed E-state index contributed by atoms with van der Waals surface area (Å²) in [7, 11) is 0. The maximum Gasteiger partial charge on any atom is 0.433 e. The third-order valence-corrected chi connectivity index (χ3v) is 4.23. The number of halogens is 6. The Kier molecular flexibility index (Phi) is 3.68. The molecule has 1 N–H and O–H groups in total. The second-order valence-corrected chi connectivity index (χ2v) is 6.37. The summed E-state index contributed by atoms with van der Waals surface area (Å²) in [5, 5.41) is 7.13. The van der Waals surface area contributed by atoms with Crippen LogP contribution in [-0.2, 0) is 12.1 Å². The van der Waals surface area contributed by atoms with Crippen LogP contribution >= 0.6 is 11.6 Å². The molecular formula is C16H9ClF5N5. The lowest BCUT2D eigenvalue weighted by molar-refractivity contribution is -0.141. The normalized spacial score (nSPS) is 13.0. The molecule has 0 bridgehead atoms. The zero-order valence-corrected chi connectivity index (χ0v) is 14.2. The minimum atomic E-state index is -4.73. The van der Waals surface area contributed by atoms with Crippen molar-refractivity contribution in [1.29, 1.82) is 0 Å². The predicted octanol–water partition coefficient (Wildman–Crippen LogP) is 5.08. The van der Waals surface area contributed by atoms with Gasteiger partial charge in [0, 0.05) is 12.3 Å². The van der Waals surface area contributed by atoms with Crippen molar-refractivity contribution in [2.24, 2.45) is 0 Å². The number of H-pyrrole nitrogens is 1. The highest BCUT2D eigenvalue weighted by Gasteiger charge is 2.36. The fraction of sp³-hybridized carbons (Fsp3) is 0.188. The van der Waals surface area contributed by atoms with E-state index in [9.17, 15) is 22.0 Å². The number of benzene rings is 1. The van der Waals surface area contributed by atoms with Crippen LogP contribution in [0, 0.1) is 0 Å². The van der Waals surface area contributed by atoms with Crippen LogP contribution in [0.2, 0.25) is 5.02 Å². The summed E-state index contributed by atoms with van der Waals surface area (Å²) in [6.07, 6.45) is -3.31. The molecule has 0 unspecified atom stereocenters. The Bertz CT molecular complexity index is 1170. The first-order valence-corrected chi connectivity index (χ1v) is 7.91. The van der Waals surface area contributed by atoms with E-state index in [0.29, 0.717) is 23.9 Å². The van der Waals surface area contributed by atoms with E-state index in [1.807, 2.05) is 0 Å². The number of hydrogen-bond donors (Lipinski definition) is 1. The molecule has 0 amide bonds. The summed E-state index contributed by atoms with van der Waals surface area (Å²) in [6.45, 7) is 0.605. The molecule has 3 aromatic heterocycles. The van der Waals surface area contributed by atoms with Crippen molar-refractivity contribution in [1.82, 2.24) is 24.7 Å². The van der Waals surface area contributed by atoms with Gasteiger partial charge in [0.2, 0.25) is 0 Å². The van der Waals surface area contributed by atoms with E-state index < -0.39 is 23.6 Å². The Morgan fingerprint density at radius 1 is 1.07 bits per heavy atom. The maximum atomic E-state index is 14.1. The fourth-order valence-electron chi connectivity index (χ4n) is 2.78. The molecule has 0 aliphatic heterocycles. The van der Waals surface area contributed by atoms with Crippen LogP contribution in [-0.4, -0.2) is 24.7 Å². The molecule has 0 aliphatic rings. The smallest absolute Gasteiger partial charge is 0.276 e. The Balaban J connectivity index is 2.09. The van der Waals surface area contributed by atoms with Gasteiger partial charge in [0.15, 0.2) is 11.5 Å². The van der Waals surface area contributed by atoms with E-state index in [1.165, 1.54) is 18.3 Å². The van der Waals surface area contributed by atoms with E-state index in [4.69, 9.17) is 11.6 Å². The fourth-order valence-corrected chi connectivity index (χ4v) is 3.05. The lowest BCUT2D eigenvalue weighted by Gasteiger charge is -2.14. The van der Waals surface area contributed by atoms with Crippen LogP contribution < -0.4 is 0 Å². The SMILES string of the molecule is CC(F)(F)c1nc2ccc(C(F)(F)F)nc2n1-c1cc(Cl)c2[nH]ncc2c1. The van der Waals surface area contributed by atoms with Gasteiger partial charge in [-0.3, -0.25) is 9.67 Å². The topological polar surface area (TPSA) is 59.4 Å². The van der Waals surface area contributed by atoms with Crippen molar-refractivity contribution in [2.75, 3.05) is 0 Å². The van der Waals surface area contributed by atoms with Gasteiger partial charge in [-0.1, -0.05) is 11.6 Å². The van der Waals surface area contributed by atoms with Gasteiger partial charge in [0.25, 0.3) is 0 Å². The van der Waals surface area contributed by atoms with Crippen LogP contribution in [0.15, 0.2) is 30.5 Å². The summed E-state index contributed by atoms with van der Waals surface area (Å²) in [5.74, 6) is -4.18. The minimum Gasteiger partial charge on any atom is -0.276 e. The quantitative estimate of drug-likeness (QED) is 0.476. The first-order chi connectivity index (χ1) is 12.6. The van der Waals surface area contributed by atoms with Crippen molar-refractivity contribution in [3.63, 3.8) is 0 Å². The molecule has 0 saturated heterocycles. The van der Waals surface area contributed by atoms with Gasteiger partial charge in [0.1, 0.15) is 11.2 Å². The van der Waals surface area contributed by atoms with E-state index in [2.05, 4.69) is 20.2 Å². The average Bonchev–Trinajstić information content (AvgIpc) is 3.17. The van der Waals surface area contributed by atoms with Crippen LogP contribution in [0.5, 0.6) is 0 Å². The molecule has 0 atom stereocenters. The standard InChI is InChI=1S/C16H9ClF5N5/c1-15(18,19)14-24-10-2-3-11(16(20,21)22)25-13(10)27(14)8-4-7-6-23-26-12(7)9(17)5-8/h2-6H,1H3,(H,23,26). The number of nitrogens with one attached hydrogen (secondary N) is 1. The van der Waals surface area contributed by atoms with E-state index in [-0.39, 0.29) is 21.9 Å². The van der Waals surface area contributed by atoms with Gasteiger partial charge in [-0.05, 0) is 24.3 Å². The maximum absolute atomic E-state index is 14.1. The van der Waals surface area contributed by atoms with Gasteiger partial charge in [-0.2, -0.15) is 27.1 Å². The highest BCUT2D eigenvalue weighted by molar-refractivity contribution is 6.35. The molecule has 0 aliphatic carbocycles. The molecule has 3 heterocycles. The van der Waals surface area contributed by atoms with E-state index >= 15 is 0 Å². The monoisotopic (exact) mass is 401 g/mol. The summed E-state index contributed by atoms with van der Waals surface area (Å²) in [4.78, 5) is 7.33. The van der Waals surface area contributed by atoms with Gasteiger partial charge >= 0.3 is 12.1 Å². The molecule has 1 aromatic carbocycles. The molecule has 27 heavy (non-hydrogen) atoms. The van der Waals surface area contributed by atoms with E-state index in [0.717, 1.165) is 10.6 Å². The third-order valence-electron chi connectivity index (χ3n) is 3.93. The zero-order chi connectivity index (χ0) is 19.6. The Hall–Kier alpha value is -2.75. The van der Waals surface area contributed by atoms with Crippen molar-refractivity contribution in [2.45, 2.75) is 19.0 Å². The number of alkyl halides is 5. The molecule has 5 nitrogen and oxygen atoms in total. The lowest BCUT2D eigenvalue weighted by Crippen LogP contribution is -2.16. The van der Waals surface area contributed by atoms with Crippen LogP contribution in [0.25, 0.3) is 27.8 Å². The van der Waals surface area contributed by atoms with Crippen LogP contribution in [0.4, 0.5) is 22.0 Å². The van der Waals surface area contributed by atoms with Crippen molar-refractivity contribution in [3.05, 3.63) is 47.0 Å². The van der Waals surface area contributed by atoms with E-state index in [1.54, 1.807) is 0 Å². The zero-order valence-electron chi connectivity index (χ0n) is 13.4. The van der Waals surface area contributed by atoms with Crippen molar-refractivity contribution in [3.8, 4) is 5.69 Å².